The highest BCUT2D eigenvalue weighted by atomic mass is 16.5. The van der Waals surface area contributed by atoms with Crippen molar-refractivity contribution in [1.29, 1.82) is 0 Å². The van der Waals surface area contributed by atoms with Gasteiger partial charge in [-0.2, -0.15) is 0 Å². The molecule has 4 N–H and O–H groups in total. The van der Waals surface area contributed by atoms with E-state index in [0.29, 0.717) is 0 Å². The predicted molar refractivity (Wildman–Crippen MR) is 69.0 cm³/mol. The highest BCUT2D eigenvalue weighted by Gasteiger charge is 2.00. The number of nitrogens with one attached hydrogen (secondary N) is 1. The van der Waals surface area contributed by atoms with E-state index in [1.165, 1.54) is 22.2 Å². The Kier molecular flexibility index (Phi) is 7.38. The van der Waals surface area contributed by atoms with E-state index in [2.05, 4.69) is 39.0 Å². The van der Waals surface area contributed by atoms with E-state index in [0.717, 1.165) is 0 Å². The second kappa shape index (κ2) is 8.25. The molecule has 0 spiro atoms. The Morgan fingerprint density at radius 3 is 1.72 bits per heavy atom. The summed E-state index contributed by atoms with van der Waals surface area (Å²) in [7, 11) is 0. The van der Waals surface area contributed by atoms with E-state index in [4.69, 9.17) is 10.9 Å². The maximum absolute atomic E-state index is 10.1. The quantitative estimate of drug-likeness (QED) is 0.560. The van der Waals surface area contributed by atoms with Gasteiger partial charge < -0.3 is 5.73 Å². The number of aryl methyl sites for hydroxylation is 3. The van der Waals surface area contributed by atoms with Crippen LogP contribution in [0.2, 0.25) is 0 Å². The Labute approximate surface area is 107 Å². The fourth-order valence-electron chi connectivity index (χ4n) is 1.49. The molecular weight excluding hydrogens is 232 g/mol. The van der Waals surface area contributed by atoms with Gasteiger partial charge in [0.05, 0.1) is 0 Å². The van der Waals surface area contributed by atoms with Gasteiger partial charge >= 0.3 is 0 Å². The van der Waals surface area contributed by atoms with Crippen molar-refractivity contribution in [3.63, 3.8) is 0 Å². The molecule has 1 aromatic carbocycles. The summed E-state index contributed by atoms with van der Waals surface area (Å²) in [5.74, 6) is -1.16. The Balaban J connectivity index is 0.000000321. The zero-order chi connectivity index (χ0) is 14.1. The maximum Gasteiger partial charge on any atom is 0.243 e. The summed E-state index contributed by atoms with van der Waals surface area (Å²) in [5.41, 5.74) is 10.1. The van der Waals surface area contributed by atoms with Gasteiger partial charge in [0.2, 0.25) is 11.8 Å². The topological polar surface area (TPSA) is 92.4 Å². The van der Waals surface area contributed by atoms with Crippen LogP contribution in [0.25, 0.3) is 0 Å². The number of primary amides is 1. The molecule has 2 amide bonds. The van der Waals surface area contributed by atoms with E-state index >= 15 is 0 Å². The van der Waals surface area contributed by atoms with Crippen LogP contribution >= 0.6 is 0 Å². The van der Waals surface area contributed by atoms with Crippen LogP contribution < -0.4 is 11.2 Å². The molecule has 0 atom stereocenters. The van der Waals surface area contributed by atoms with Gasteiger partial charge in [-0.15, -0.1) is 0 Å². The molecule has 100 valence electrons. The molecule has 0 bridgehead atoms. The van der Waals surface area contributed by atoms with Crippen molar-refractivity contribution >= 4 is 11.8 Å². The number of carbonyl (C=O) groups excluding carboxylic acids is 2. The molecule has 0 unspecified atom stereocenters. The van der Waals surface area contributed by atoms with Gasteiger partial charge in [-0.1, -0.05) is 34.9 Å². The lowest BCUT2D eigenvalue weighted by Gasteiger charge is -1.96. The SMILES string of the molecule is Cc1cc(C)cc(C)c1.NC(=O)CCC(=O)NO. The van der Waals surface area contributed by atoms with Crippen molar-refractivity contribution in [2.75, 3.05) is 0 Å². The third kappa shape index (κ3) is 8.29. The number of nitrogens with two attached hydrogens (primary N) is 1. The number of hydrogen-bond donors (Lipinski definition) is 3. The van der Waals surface area contributed by atoms with E-state index < -0.39 is 11.8 Å². The maximum atomic E-state index is 10.1. The minimum atomic E-state index is -0.603. The molecule has 1 aromatic rings. The molecule has 0 heterocycles. The van der Waals surface area contributed by atoms with Gasteiger partial charge in [0.1, 0.15) is 0 Å². The number of benzene rings is 1. The Morgan fingerprint density at radius 1 is 1.06 bits per heavy atom. The molecule has 18 heavy (non-hydrogen) atoms. The molecule has 0 aliphatic carbocycles. The molecule has 0 saturated heterocycles. The van der Waals surface area contributed by atoms with Crippen LogP contribution in [0.15, 0.2) is 18.2 Å². The monoisotopic (exact) mass is 252 g/mol. The number of amides is 2. The lowest BCUT2D eigenvalue weighted by Crippen LogP contribution is -2.21. The molecule has 0 aromatic heterocycles. The molecule has 0 fully saturated rings. The van der Waals surface area contributed by atoms with E-state index in [1.807, 2.05) is 0 Å². The average Bonchev–Trinajstić information content (AvgIpc) is 2.24. The zero-order valence-corrected chi connectivity index (χ0v) is 11.0. The van der Waals surface area contributed by atoms with Crippen LogP contribution in [0.5, 0.6) is 0 Å². The van der Waals surface area contributed by atoms with Crippen molar-refractivity contribution < 1.29 is 14.8 Å². The summed E-state index contributed by atoms with van der Waals surface area (Å²) in [4.78, 5) is 20.1. The van der Waals surface area contributed by atoms with Crippen LogP contribution in [0.1, 0.15) is 29.5 Å². The number of rotatable bonds is 3. The molecule has 0 aliphatic heterocycles. The van der Waals surface area contributed by atoms with E-state index in [1.54, 1.807) is 0 Å². The molecular formula is C13H20N2O3. The van der Waals surface area contributed by atoms with Gasteiger partial charge in [-0.25, -0.2) is 5.48 Å². The lowest BCUT2D eigenvalue weighted by atomic mass is 10.1. The molecule has 0 saturated carbocycles. The molecule has 0 radical (unpaired) electrons. The second-order valence-electron chi connectivity index (χ2n) is 4.17. The first-order valence-electron chi connectivity index (χ1n) is 5.61. The van der Waals surface area contributed by atoms with Crippen molar-refractivity contribution in [2.45, 2.75) is 33.6 Å². The minimum Gasteiger partial charge on any atom is -0.370 e. The summed E-state index contributed by atoms with van der Waals surface area (Å²) in [6, 6.07) is 6.56. The Bertz CT molecular complexity index is 366. The average molecular weight is 252 g/mol. The van der Waals surface area contributed by atoms with Crippen LogP contribution in [0, 0.1) is 20.8 Å². The van der Waals surface area contributed by atoms with Gasteiger partial charge in [0, 0.05) is 12.8 Å². The fourth-order valence-corrected chi connectivity index (χ4v) is 1.49. The number of hydrogen-bond acceptors (Lipinski definition) is 3. The van der Waals surface area contributed by atoms with Crippen LogP contribution in [0.3, 0.4) is 0 Å². The normalized spacial score (nSPS) is 9.11. The standard InChI is InChI=1S/C9H12.C4H8N2O3/c1-7-4-8(2)6-9(3)5-7;5-3(7)1-2-4(8)6-9/h4-6H,1-3H3;9H,1-2H2,(H2,5,7)(H,6,8). The first kappa shape index (κ1) is 16.1. The lowest BCUT2D eigenvalue weighted by molar-refractivity contribution is -0.131. The summed E-state index contributed by atoms with van der Waals surface area (Å²) < 4.78 is 0. The van der Waals surface area contributed by atoms with E-state index in [9.17, 15) is 9.59 Å². The van der Waals surface area contributed by atoms with Crippen molar-refractivity contribution in [3.05, 3.63) is 34.9 Å². The number of carbonyl (C=O) groups is 2. The molecule has 5 heteroatoms. The first-order chi connectivity index (χ1) is 8.35. The smallest absolute Gasteiger partial charge is 0.243 e. The largest absolute Gasteiger partial charge is 0.370 e. The zero-order valence-electron chi connectivity index (χ0n) is 11.0. The summed E-state index contributed by atoms with van der Waals surface area (Å²) in [5, 5.41) is 7.90. The van der Waals surface area contributed by atoms with Gasteiger partial charge in [-0.3, -0.25) is 14.8 Å². The Hall–Kier alpha value is -1.88. The third-order valence-corrected chi connectivity index (χ3v) is 2.09. The second-order valence-corrected chi connectivity index (χ2v) is 4.17. The highest BCUT2D eigenvalue weighted by Crippen LogP contribution is 2.06. The van der Waals surface area contributed by atoms with Gasteiger partial charge in [-0.05, 0) is 20.8 Å². The first-order valence-corrected chi connectivity index (χ1v) is 5.61. The Morgan fingerprint density at radius 2 is 1.44 bits per heavy atom. The third-order valence-electron chi connectivity index (χ3n) is 2.09. The highest BCUT2D eigenvalue weighted by molar-refractivity contribution is 5.82. The van der Waals surface area contributed by atoms with Crippen LogP contribution in [-0.2, 0) is 9.59 Å². The summed E-state index contributed by atoms with van der Waals surface area (Å²) in [6.07, 6.45) is -0.0990. The van der Waals surface area contributed by atoms with Crippen LogP contribution in [-0.4, -0.2) is 17.0 Å². The van der Waals surface area contributed by atoms with Gasteiger partial charge in [0.25, 0.3) is 0 Å². The fraction of sp³-hybridized carbons (Fsp3) is 0.385. The van der Waals surface area contributed by atoms with Gasteiger partial charge in [0.15, 0.2) is 0 Å². The summed E-state index contributed by atoms with van der Waals surface area (Å²) >= 11 is 0. The van der Waals surface area contributed by atoms with E-state index in [-0.39, 0.29) is 12.8 Å². The number of hydroxylamine groups is 1. The molecule has 5 nitrogen and oxygen atoms in total. The predicted octanol–water partition coefficient (Wildman–Crippen LogP) is 1.37. The summed E-state index contributed by atoms with van der Waals surface area (Å²) in [6.45, 7) is 6.38. The molecule has 0 aliphatic rings. The minimum absolute atomic E-state index is 0.0353. The van der Waals surface area contributed by atoms with Crippen LogP contribution in [0.4, 0.5) is 0 Å². The van der Waals surface area contributed by atoms with Crippen molar-refractivity contribution in [3.8, 4) is 0 Å². The molecule has 1 rings (SSSR count). The van der Waals surface area contributed by atoms with Crippen molar-refractivity contribution in [2.24, 2.45) is 5.73 Å². The van der Waals surface area contributed by atoms with Crippen molar-refractivity contribution in [1.82, 2.24) is 5.48 Å².